The number of sulfone groups is 1. The van der Waals surface area contributed by atoms with Crippen LogP contribution in [0.3, 0.4) is 0 Å². The van der Waals surface area contributed by atoms with Gasteiger partial charge in [-0.1, -0.05) is 0 Å². The van der Waals surface area contributed by atoms with Gasteiger partial charge < -0.3 is 5.32 Å². The molecule has 1 saturated carbocycles. The maximum Gasteiger partial charge on any atom is 0.189 e. The molecule has 2 aliphatic rings. The highest BCUT2D eigenvalue weighted by atomic mass is 32.2. The number of hydrogen-bond acceptors (Lipinski definition) is 5. The molecule has 1 heterocycles. The van der Waals surface area contributed by atoms with E-state index in [1.54, 1.807) is 0 Å². The zero-order chi connectivity index (χ0) is 17.5. The van der Waals surface area contributed by atoms with E-state index < -0.39 is 43.3 Å². The lowest BCUT2D eigenvalue weighted by Gasteiger charge is -2.39. The summed E-state index contributed by atoms with van der Waals surface area (Å²) in [7, 11) is -4.10. The van der Waals surface area contributed by atoms with Gasteiger partial charge in [-0.05, 0) is 37.5 Å². The van der Waals surface area contributed by atoms with Crippen LogP contribution in [0, 0.1) is 34.8 Å². The summed E-state index contributed by atoms with van der Waals surface area (Å²) >= 11 is 0. The summed E-state index contributed by atoms with van der Waals surface area (Å²) in [5.41, 5.74) is 0. The van der Waals surface area contributed by atoms with Crippen LogP contribution < -0.4 is 5.32 Å². The average Bonchev–Trinajstić information content (AvgIpc) is 2.56. The standard InChI is InChI=1S/C16H16F2N2O3S/c17-12-4-2-10(6-13(12)18)24(22,23)15-8-20-14-5-9(7-19)1-3-11(14)16(15)21/h2,4,6,9,11,14-15,20H,1,3,5,8H2. The molecule has 1 N–H and O–H groups in total. The van der Waals surface area contributed by atoms with Crippen LogP contribution in [0.5, 0.6) is 0 Å². The van der Waals surface area contributed by atoms with Crippen molar-refractivity contribution < 1.29 is 22.0 Å². The third-order valence-electron chi connectivity index (χ3n) is 4.88. The van der Waals surface area contributed by atoms with Crippen molar-refractivity contribution in [1.29, 1.82) is 5.26 Å². The van der Waals surface area contributed by atoms with Gasteiger partial charge in [0, 0.05) is 24.4 Å². The van der Waals surface area contributed by atoms with E-state index in [1.165, 1.54) is 0 Å². The van der Waals surface area contributed by atoms with E-state index in [0.717, 1.165) is 12.1 Å². The monoisotopic (exact) mass is 354 g/mol. The lowest BCUT2D eigenvalue weighted by molar-refractivity contribution is -0.126. The third kappa shape index (κ3) is 2.82. The van der Waals surface area contributed by atoms with E-state index in [0.29, 0.717) is 25.3 Å². The van der Waals surface area contributed by atoms with Gasteiger partial charge >= 0.3 is 0 Å². The SMILES string of the molecule is N#CC1CCC2C(=O)C(S(=O)(=O)c3ccc(F)c(F)c3)CNC2C1. The fourth-order valence-corrected chi connectivity index (χ4v) is 5.18. The molecule has 0 spiro atoms. The molecule has 4 atom stereocenters. The summed E-state index contributed by atoms with van der Waals surface area (Å²) in [5, 5.41) is 10.7. The molecule has 0 amide bonds. The van der Waals surface area contributed by atoms with E-state index >= 15 is 0 Å². The normalized spacial score (nSPS) is 30.5. The summed E-state index contributed by atoms with van der Waals surface area (Å²) in [4.78, 5) is 12.3. The molecule has 3 rings (SSSR count). The van der Waals surface area contributed by atoms with Crippen molar-refractivity contribution in [1.82, 2.24) is 5.32 Å². The van der Waals surface area contributed by atoms with Crippen molar-refractivity contribution in [3.05, 3.63) is 29.8 Å². The van der Waals surface area contributed by atoms with Crippen LogP contribution in [-0.4, -0.2) is 32.0 Å². The minimum atomic E-state index is -4.10. The highest BCUT2D eigenvalue weighted by Crippen LogP contribution is 2.34. The second-order valence-electron chi connectivity index (χ2n) is 6.27. The smallest absolute Gasteiger partial charge is 0.189 e. The number of carbonyl (C=O) groups is 1. The van der Waals surface area contributed by atoms with Gasteiger partial charge in [0.2, 0.25) is 0 Å². The van der Waals surface area contributed by atoms with E-state index in [9.17, 15) is 22.0 Å². The molecule has 1 aromatic rings. The fraction of sp³-hybridized carbons (Fsp3) is 0.500. The summed E-state index contributed by atoms with van der Waals surface area (Å²) in [6, 6.07) is 4.30. The molecule has 0 aromatic heterocycles. The second kappa shape index (κ2) is 6.22. The number of nitriles is 1. The molecule has 1 aromatic carbocycles. The number of piperidine rings is 1. The number of hydrogen-bond donors (Lipinski definition) is 1. The van der Waals surface area contributed by atoms with Crippen LogP contribution >= 0.6 is 0 Å². The zero-order valence-electron chi connectivity index (χ0n) is 12.7. The topological polar surface area (TPSA) is 87.0 Å². The molecule has 1 saturated heterocycles. The van der Waals surface area contributed by atoms with Crippen LogP contribution in [0.25, 0.3) is 0 Å². The largest absolute Gasteiger partial charge is 0.311 e. The van der Waals surface area contributed by atoms with E-state index in [1.807, 2.05) is 0 Å². The van der Waals surface area contributed by atoms with Crippen LogP contribution in [0.4, 0.5) is 8.78 Å². The van der Waals surface area contributed by atoms with Crippen LogP contribution in [-0.2, 0) is 14.6 Å². The second-order valence-corrected chi connectivity index (χ2v) is 8.40. The number of nitrogens with one attached hydrogen (secondary N) is 1. The molecular formula is C16H16F2N2O3S. The summed E-state index contributed by atoms with van der Waals surface area (Å²) in [6.07, 6.45) is 1.53. The Kier molecular flexibility index (Phi) is 4.40. The maximum absolute atomic E-state index is 13.4. The molecule has 0 bridgehead atoms. The molecule has 2 fully saturated rings. The Morgan fingerprint density at radius 1 is 1.21 bits per heavy atom. The van der Waals surface area contributed by atoms with Crippen LogP contribution in [0.1, 0.15) is 19.3 Å². The molecule has 1 aliphatic heterocycles. The minimum absolute atomic E-state index is 0.0839. The molecule has 24 heavy (non-hydrogen) atoms. The molecule has 128 valence electrons. The summed E-state index contributed by atoms with van der Waals surface area (Å²) < 4.78 is 51.7. The van der Waals surface area contributed by atoms with Gasteiger partial charge in [-0.25, -0.2) is 17.2 Å². The Morgan fingerprint density at radius 3 is 2.62 bits per heavy atom. The Morgan fingerprint density at radius 2 is 1.96 bits per heavy atom. The van der Waals surface area contributed by atoms with Gasteiger partial charge in [-0.15, -0.1) is 0 Å². The molecular weight excluding hydrogens is 338 g/mol. The highest BCUT2D eigenvalue weighted by molar-refractivity contribution is 7.92. The fourth-order valence-electron chi connectivity index (χ4n) is 3.53. The first-order valence-electron chi connectivity index (χ1n) is 7.70. The molecule has 8 heteroatoms. The summed E-state index contributed by atoms with van der Waals surface area (Å²) in [5.74, 6) is -3.41. The first-order valence-corrected chi connectivity index (χ1v) is 9.25. The number of nitrogens with zero attached hydrogens (tertiary/aromatic N) is 1. The van der Waals surface area contributed by atoms with Crippen molar-refractivity contribution in [3.8, 4) is 6.07 Å². The van der Waals surface area contributed by atoms with E-state index in [2.05, 4.69) is 11.4 Å². The van der Waals surface area contributed by atoms with Crippen molar-refractivity contribution in [2.45, 2.75) is 35.4 Å². The quantitative estimate of drug-likeness (QED) is 0.815. The minimum Gasteiger partial charge on any atom is -0.311 e. The molecule has 1 aliphatic carbocycles. The Labute approximate surface area is 138 Å². The number of carbonyl (C=O) groups excluding carboxylic acids is 1. The van der Waals surface area contributed by atoms with Crippen molar-refractivity contribution in [2.24, 2.45) is 11.8 Å². The van der Waals surface area contributed by atoms with Gasteiger partial charge in [-0.3, -0.25) is 4.79 Å². The number of halogens is 2. The Balaban J connectivity index is 1.86. The van der Waals surface area contributed by atoms with Gasteiger partial charge in [0.05, 0.1) is 11.0 Å². The van der Waals surface area contributed by atoms with Crippen LogP contribution in [0.15, 0.2) is 23.1 Å². The lowest BCUT2D eigenvalue weighted by Crippen LogP contribution is -2.58. The lowest BCUT2D eigenvalue weighted by atomic mass is 9.74. The molecule has 0 radical (unpaired) electrons. The first kappa shape index (κ1) is 17.0. The van der Waals surface area contributed by atoms with Crippen molar-refractivity contribution in [3.63, 3.8) is 0 Å². The predicted molar refractivity (Wildman–Crippen MR) is 80.6 cm³/mol. The third-order valence-corrected chi connectivity index (χ3v) is 6.93. The van der Waals surface area contributed by atoms with E-state index in [4.69, 9.17) is 5.26 Å². The number of ketones is 1. The molecule has 4 unspecified atom stereocenters. The predicted octanol–water partition coefficient (Wildman–Crippen LogP) is 1.59. The number of Topliss-reactive ketones (excluding diaryl/α,β-unsaturated/α-hetero) is 1. The van der Waals surface area contributed by atoms with Crippen LogP contribution in [0.2, 0.25) is 0 Å². The summed E-state index contributed by atoms with van der Waals surface area (Å²) in [6.45, 7) is -0.0839. The Bertz CT molecular complexity index is 819. The number of rotatable bonds is 2. The first-order chi connectivity index (χ1) is 11.3. The van der Waals surface area contributed by atoms with Crippen molar-refractivity contribution >= 4 is 15.6 Å². The Hall–Kier alpha value is -1.85. The highest BCUT2D eigenvalue weighted by Gasteiger charge is 2.46. The van der Waals surface area contributed by atoms with E-state index in [-0.39, 0.29) is 18.5 Å². The zero-order valence-corrected chi connectivity index (χ0v) is 13.5. The number of fused-ring (bicyclic) bond motifs is 1. The molecule has 5 nitrogen and oxygen atoms in total. The van der Waals surface area contributed by atoms with Gasteiger partial charge in [0.25, 0.3) is 0 Å². The average molecular weight is 354 g/mol. The van der Waals surface area contributed by atoms with Crippen molar-refractivity contribution in [2.75, 3.05) is 6.54 Å². The van der Waals surface area contributed by atoms with Gasteiger partial charge in [-0.2, -0.15) is 5.26 Å². The van der Waals surface area contributed by atoms with Gasteiger partial charge in [0.15, 0.2) is 27.3 Å². The van der Waals surface area contributed by atoms with Gasteiger partial charge in [0.1, 0.15) is 5.25 Å². The maximum atomic E-state index is 13.4. The number of benzene rings is 1.